The Kier molecular flexibility index (Phi) is 8.98. The number of benzene rings is 1. The zero-order valence-corrected chi connectivity index (χ0v) is 15.9. The van der Waals surface area contributed by atoms with Gasteiger partial charge in [-0.3, -0.25) is 0 Å². The average Bonchev–Trinajstić information content (AvgIpc) is 2.67. The maximum atomic E-state index is 10.0. The fourth-order valence-corrected chi connectivity index (χ4v) is 3.10. The van der Waals surface area contributed by atoms with Crippen LogP contribution in [0.3, 0.4) is 0 Å². The van der Waals surface area contributed by atoms with Crippen molar-refractivity contribution in [1.29, 1.82) is 0 Å². The van der Waals surface area contributed by atoms with Crippen molar-refractivity contribution in [3.05, 3.63) is 54.4 Å². The Morgan fingerprint density at radius 2 is 1.69 bits per heavy atom. The lowest BCUT2D eigenvalue weighted by molar-refractivity contribution is -0.754. The molecule has 0 spiro atoms. The molecule has 4 heteroatoms. The first kappa shape index (κ1) is 20.2. The van der Waals surface area contributed by atoms with E-state index in [1.54, 1.807) is 6.07 Å². The molecule has 0 aliphatic rings. The van der Waals surface area contributed by atoms with Gasteiger partial charge in [-0.05, 0) is 12.5 Å². The van der Waals surface area contributed by atoms with Crippen LogP contribution in [0.4, 0.5) is 0 Å². The maximum absolute atomic E-state index is 10.0. The van der Waals surface area contributed by atoms with E-state index in [4.69, 9.17) is 10.5 Å². The number of unbranched alkanes of at least 4 members (excludes halogenated alkanes) is 6. The van der Waals surface area contributed by atoms with E-state index in [1.165, 1.54) is 38.5 Å². The summed E-state index contributed by atoms with van der Waals surface area (Å²) in [5.41, 5.74) is 6.34. The SMILES string of the molecule is CCCCCCCCCC(Oc1ccc(CN)c(O)c1)[n+]1ccccc1. The van der Waals surface area contributed by atoms with Crippen molar-refractivity contribution in [2.24, 2.45) is 5.73 Å². The molecule has 0 aliphatic heterocycles. The van der Waals surface area contributed by atoms with Crippen molar-refractivity contribution in [3.63, 3.8) is 0 Å². The van der Waals surface area contributed by atoms with Gasteiger partial charge in [0, 0.05) is 36.7 Å². The molecular formula is C22H33N2O2+. The standard InChI is InChI=1S/C22H32N2O2/c1-2-3-4-5-6-7-9-12-22(24-15-10-8-11-16-24)26-20-14-13-19(18-23)21(25)17-20/h8,10-11,13-17,22H,2-7,9,12,18,23H2,1H3/p+1. The molecule has 0 radical (unpaired) electrons. The van der Waals surface area contributed by atoms with E-state index in [9.17, 15) is 5.11 Å². The molecule has 0 fully saturated rings. The van der Waals surface area contributed by atoms with Crippen LogP contribution in [-0.2, 0) is 6.54 Å². The van der Waals surface area contributed by atoms with E-state index in [2.05, 4.69) is 11.5 Å². The van der Waals surface area contributed by atoms with Crippen molar-refractivity contribution < 1.29 is 14.4 Å². The Hall–Kier alpha value is -2.07. The summed E-state index contributed by atoms with van der Waals surface area (Å²) in [4.78, 5) is 0. The number of pyridine rings is 1. The molecule has 1 aromatic carbocycles. The fourth-order valence-electron chi connectivity index (χ4n) is 3.10. The molecule has 4 nitrogen and oxygen atoms in total. The van der Waals surface area contributed by atoms with Gasteiger partial charge < -0.3 is 15.6 Å². The van der Waals surface area contributed by atoms with Crippen LogP contribution in [0.1, 0.15) is 70.1 Å². The Morgan fingerprint density at radius 1 is 1.00 bits per heavy atom. The topological polar surface area (TPSA) is 59.4 Å². The Labute approximate surface area is 157 Å². The zero-order valence-electron chi connectivity index (χ0n) is 15.9. The van der Waals surface area contributed by atoms with Crippen molar-refractivity contribution >= 4 is 0 Å². The molecule has 1 aromatic heterocycles. The molecular weight excluding hydrogens is 324 g/mol. The van der Waals surface area contributed by atoms with Crippen LogP contribution >= 0.6 is 0 Å². The Morgan fingerprint density at radius 3 is 2.35 bits per heavy atom. The molecule has 0 bridgehead atoms. The number of rotatable bonds is 12. The van der Waals surface area contributed by atoms with Gasteiger partial charge in [-0.15, -0.1) is 0 Å². The maximum Gasteiger partial charge on any atom is 0.301 e. The molecule has 142 valence electrons. The summed E-state index contributed by atoms with van der Waals surface area (Å²) in [5, 5.41) is 10.0. The number of phenolic OH excluding ortho intramolecular Hbond substituents is 1. The second-order valence-electron chi connectivity index (χ2n) is 6.80. The van der Waals surface area contributed by atoms with Gasteiger partial charge in [0.1, 0.15) is 11.5 Å². The second-order valence-corrected chi connectivity index (χ2v) is 6.80. The highest BCUT2D eigenvalue weighted by Gasteiger charge is 2.19. The molecule has 1 heterocycles. The predicted molar refractivity (Wildman–Crippen MR) is 105 cm³/mol. The lowest BCUT2D eigenvalue weighted by Crippen LogP contribution is -2.42. The van der Waals surface area contributed by atoms with E-state index in [0.29, 0.717) is 12.3 Å². The van der Waals surface area contributed by atoms with E-state index < -0.39 is 0 Å². The Bertz CT molecular complexity index is 631. The molecule has 3 N–H and O–H groups in total. The molecule has 0 amide bonds. The van der Waals surface area contributed by atoms with Gasteiger partial charge in [-0.2, -0.15) is 4.57 Å². The van der Waals surface area contributed by atoms with Crippen LogP contribution in [0, 0.1) is 0 Å². The molecule has 2 rings (SSSR count). The van der Waals surface area contributed by atoms with E-state index in [1.807, 2.05) is 42.7 Å². The van der Waals surface area contributed by atoms with Crippen LogP contribution in [-0.4, -0.2) is 5.11 Å². The van der Waals surface area contributed by atoms with Gasteiger partial charge in [0.2, 0.25) is 0 Å². The van der Waals surface area contributed by atoms with Crippen LogP contribution in [0.5, 0.6) is 11.5 Å². The average molecular weight is 358 g/mol. The van der Waals surface area contributed by atoms with Crippen LogP contribution in [0.2, 0.25) is 0 Å². The minimum atomic E-state index is -0.0741. The number of hydrogen-bond acceptors (Lipinski definition) is 3. The summed E-state index contributed by atoms with van der Waals surface area (Å²) in [6, 6.07) is 11.4. The Balaban J connectivity index is 1.93. The molecule has 1 atom stereocenters. The van der Waals surface area contributed by atoms with Crippen LogP contribution in [0.25, 0.3) is 0 Å². The van der Waals surface area contributed by atoms with Gasteiger partial charge in [-0.25, -0.2) is 0 Å². The third-order valence-corrected chi connectivity index (χ3v) is 4.67. The van der Waals surface area contributed by atoms with E-state index in [-0.39, 0.29) is 12.0 Å². The van der Waals surface area contributed by atoms with Gasteiger partial charge in [0.05, 0.1) is 0 Å². The summed E-state index contributed by atoms with van der Waals surface area (Å²) in [5.74, 6) is 0.863. The van der Waals surface area contributed by atoms with Gasteiger partial charge in [0.15, 0.2) is 12.4 Å². The molecule has 0 saturated heterocycles. The highest BCUT2D eigenvalue weighted by molar-refractivity contribution is 5.39. The predicted octanol–water partition coefficient (Wildman–Crippen LogP) is 4.86. The molecule has 26 heavy (non-hydrogen) atoms. The van der Waals surface area contributed by atoms with Gasteiger partial charge in [0.25, 0.3) is 0 Å². The molecule has 0 saturated carbocycles. The minimum Gasteiger partial charge on any atom is -0.507 e. The summed E-state index contributed by atoms with van der Waals surface area (Å²) in [6.07, 6.45) is 13.9. The fraction of sp³-hybridized carbons (Fsp3) is 0.500. The number of aromatic nitrogens is 1. The van der Waals surface area contributed by atoms with Gasteiger partial charge >= 0.3 is 6.23 Å². The summed E-state index contributed by atoms with van der Waals surface area (Å²) >= 11 is 0. The van der Waals surface area contributed by atoms with Crippen molar-refractivity contribution in [3.8, 4) is 11.5 Å². The lowest BCUT2D eigenvalue weighted by Gasteiger charge is -2.15. The van der Waals surface area contributed by atoms with E-state index >= 15 is 0 Å². The second kappa shape index (κ2) is 11.5. The first-order valence-electron chi connectivity index (χ1n) is 9.89. The molecule has 1 unspecified atom stereocenters. The largest absolute Gasteiger partial charge is 0.507 e. The highest BCUT2D eigenvalue weighted by Crippen LogP contribution is 2.26. The van der Waals surface area contributed by atoms with Crippen LogP contribution < -0.4 is 15.0 Å². The van der Waals surface area contributed by atoms with Crippen molar-refractivity contribution in [2.45, 2.75) is 71.1 Å². The summed E-state index contributed by atoms with van der Waals surface area (Å²) in [7, 11) is 0. The van der Waals surface area contributed by atoms with Crippen molar-refractivity contribution in [2.75, 3.05) is 0 Å². The summed E-state index contributed by atoms with van der Waals surface area (Å²) in [6.45, 7) is 2.57. The third kappa shape index (κ3) is 6.68. The smallest absolute Gasteiger partial charge is 0.301 e. The first-order chi connectivity index (χ1) is 12.7. The number of phenols is 1. The van der Waals surface area contributed by atoms with Gasteiger partial charge in [-0.1, -0.05) is 57.6 Å². The normalized spacial score (nSPS) is 12.1. The lowest BCUT2D eigenvalue weighted by atomic mass is 10.1. The minimum absolute atomic E-state index is 0.0741. The zero-order chi connectivity index (χ0) is 18.6. The number of hydrogen-bond donors (Lipinski definition) is 2. The molecule has 2 aromatic rings. The number of nitrogens with two attached hydrogens (primary N) is 1. The number of ether oxygens (including phenoxy) is 1. The quantitative estimate of drug-likeness (QED) is 0.421. The van der Waals surface area contributed by atoms with Crippen LogP contribution in [0.15, 0.2) is 48.8 Å². The summed E-state index contributed by atoms with van der Waals surface area (Å²) < 4.78 is 8.28. The monoisotopic (exact) mass is 357 g/mol. The highest BCUT2D eigenvalue weighted by atomic mass is 16.5. The van der Waals surface area contributed by atoms with E-state index in [0.717, 1.165) is 18.4 Å². The van der Waals surface area contributed by atoms with Crippen molar-refractivity contribution in [1.82, 2.24) is 0 Å². The third-order valence-electron chi connectivity index (χ3n) is 4.67. The number of aromatic hydroxyl groups is 1. The molecule has 0 aliphatic carbocycles. The number of nitrogens with zero attached hydrogens (tertiary/aromatic N) is 1. The first-order valence-corrected chi connectivity index (χ1v) is 9.89.